The fraction of sp³-hybridized carbons (Fsp3) is 0.438. The van der Waals surface area contributed by atoms with Crippen molar-refractivity contribution in [1.82, 2.24) is 15.1 Å². The largest absolute Gasteiger partial charge is 0.316 e. The molecule has 2 rings (SSSR count). The minimum atomic E-state index is -0.206. The number of likely N-dealkylation sites (N-methyl/N-ethyl adjacent to an activating group) is 1. The number of nitrogens with zero attached hydrogens (tertiary/aromatic N) is 2. The van der Waals surface area contributed by atoms with E-state index < -0.39 is 0 Å². The SMILES string of the molecule is CNC(Cc1cc(F)cc(Br)c1)Cc1c(C)nn(C)c1C. The van der Waals surface area contributed by atoms with Gasteiger partial charge in [-0.25, -0.2) is 4.39 Å². The highest BCUT2D eigenvalue weighted by atomic mass is 79.9. The standard InChI is InChI=1S/C16H21BrFN3/c1-10-16(11(2)21(4)20-10)9-15(19-3)7-12-5-13(17)8-14(18)6-12/h5-6,8,15,19H,7,9H2,1-4H3. The smallest absolute Gasteiger partial charge is 0.124 e. The van der Waals surface area contributed by atoms with E-state index in [4.69, 9.17) is 0 Å². The third-order valence-electron chi connectivity index (χ3n) is 3.92. The van der Waals surface area contributed by atoms with Crippen molar-refractivity contribution in [2.45, 2.75) is 32.7 Å². The molecule has 21 heavy (non-hydrogen) atoms. The lowest BCUT2D eigenvalue weighted by molar-refractivity contribution is 0.550. The maximum atomic E-state index is 13.5. The number of halogens is 2. The van der Waals surface area contributed by atoms with E-state index in [1.54, 1.807) is 6.07 Å². The van der Waals surface area contributed by atoms with Crippen LogP contribution in [-0.2, 0) is 19.9 Å². The molecule has 3 nitrogen and oxygen atoms in total. The Hall–Kier alpha value is -1.20. The summed E-state index contributed by atoms with van der Waals surface area (Å²) in [6.45, 7) is 4.12. The van der Waals surface area contributed by atoms with Gasteiger partial charge in [0.1, 0.15) is 5.82 Å². The van der Waals surface area contributed by atoms with Crippen molar-refractivity contribution in [2.75, 3.05) is 7.05 Å². The lowest BCUT2D eigenvalue weighted by Gasteiger charge is -2.17. The van der Waals surface area contributed by atoms with E-state index in [-0.39, 0.29) is 11.9 Å². The Kier molecular flexibility index (Phi) is 5.17. The summed E-state index contributed by atoms with van der Waals surface area (Å²) in [4.78, 5) is 0. The third-order valence-corrected chi connectivity index (χ3v) is 4.38. The van der Waals surface area contributed by atoms with Crippen LogP contribution in [0, 0.1) is 19.7 Å². The number of hydrogen-bond acceptors (Lipinski definition) is 2. The van der Waals surface area contributed by atoms with Gasteiger partial charge in [0.15, 0.2) is 0 Å². The first-order valence-corrected chi connectivity index (χ1v) is 7.81. The summed E-state index contributed by atoms with van der Waals surface area (Å²) in [6, 6.07) is 5.29. The number of hydrogen-bond donors (Lipinski definition) is 1. The van der Waals surface area contributed by atoms with Crippen LogP contribution in [0.4, 0.5) is 4.39 Å². The topological polar surface area (TPSA) is 29.9 Å². The van der Waals surface area contributed by atoms with Gasteiger partial charge in [-0.3, -0.25) is 4.68 Å². The van der Waals surface area contributed by atoms with E-state index >= 15 is 0 Å². The Morgan fingerprint density at radius 2 is 2.00 bits per heavy atom. The van der Waals surface area contributed by atoms with Crippen LogP contribution in [0.3, 0.4) is 0 Å². The van der Waals surface area contributed by atoms with Crippen LogP contribution in [0.5, 0.6) is 0 Å². The number of rotatable bonds is 5. The fourth-order valence-electron chi connectivity index (χ4n) is 2.65. The van der Waals surface area contributed by atoms with Crippen LogP contribution in [0.25, 0.3) is 0 Å². The summed E-state index contributed by atoms with van der Waals surface area (Å²) in [6.07, 6.45) is 1.66. The highest BCUT2D eigenvalue weighted by Gasteiger charge is 2.16. The van der Waals surface area contributed by atoms with E-state index in [1.807, 2.05) is 31.8 Å². The molecule has 5 heteroatoms. The summed E-state index contributed by atoms with van der Waals surface area (Å²) < 4.78 is 16.2. The van der Waals surface area contributed by atoms with Crippen molar-refractivity contribution in [3.05, 3.63) is 51.0 Å². The molecule has 1 aromatic heterocycles. The maximum Gasteiger partial charge on any atom is 0.124 e. The zero-order valence-corrected chi connectivity index (χ0v) is 14.5. The van der Waals surface area contributed by atoms with Crippen LogP contribution in [0.2, 0.25) is 0 Å². The van der Waals surface area contributed by atoms with Gasteiger partial charge in [0.25, 0.3) is 0 Å². The number of aryl methyl sites for hydroxylation is 2. The van der Waals surface area contributed by atoms with Gasteiger partial charge in [-0.05, 0) is 63.1 Å². The van der Waals surface area contributed by atoms with Crippen molar-refractivity contribution in [3.63, 3.8) is 0 Å². The van der Waals surface area contributed by atoms with Gasteiger partial charge >= 0.3 is 0 Å². The van der Waals surface area contributed by atoms with Crippen molar-refractivity contribution >= 4 is 15.9 Å². The average molecular weight is 354 g/mol. The zero-order chi connectivity index (χ0) is 15.6. The lowest BCUT2D eigenvalue weighted by Crippen LogP contribution is -2.30. The molecule has 1 unspecified atom stereocenters. The maximum absolute atomic E-state index is 13.5. The van der Waals surface area contributed by atoms with E-state index in [2.05, 4.69) is 33.3 Å². The number of aromatic nitrogens is 2. The predicted molar refractivity (Wildman–Crippen MR) is 87.0 cm³/mol. The summed E-state index contributed by atoms with van der Waals surface area (Å²) >= 11 is 3.34. The summed E-state index contributed by atoms with van der Waals surface area (Å²) in [5.74, 6) is -0.206. The summed E-state index contributed by atoms with van der Waals surface area (Å²) in [5.41, 5.74) is 4.51. The molecular weight excluding hydrogens is 333 g/mol. The monoisotopic (exact) mass is 353 g/mol. The molecule has 0 aliphatic heterocycles. The van der Waals surface area contributed by atoms with E-state index in [1.165, 1.54) is 17.3 Å². The summed E-state index contributed by atoms with van der Waals surface area (Å²) in [5, 5.41) is 7.78. The molecular formula is C16H21BrFN3. The molecule has 1 aromatic carbocycles. The third kappa shape index (κ3) is 3.92. The van der Waals surface area contributed by atoms with Gasteiger partial charge in [-0.1, -0.05) is 15.9 Å². The van der Waals surface area contributed by atoms with Crippen molar-refractivity contribution in [1.29, 1.82) is 0 Å². The highest BCUT2D eigenvalue weighted by Crippen LogP contribution is 2.19. The molecule has 114 valence electrons. The molecule has 0 amide bonds. The van der Waals surface area contributed by atoms with Gasteiger partial charge in [0.2, 0.25) is 0 Å². The van der Waals surface area contributed by atoms with Gasteiger partial charge < -0.3 is 5.32 Å². The van der Waals surface area contributed by atoms with Crippen molar-refractivity contribution in [3.8, 4) is 0 Å². The van der Waals surface area contributed by atoms with Crippen LogP contribution in [-0.4, -0.2) is 22.9 Å². The summed E-state index contributed by atoms with van der Waals surface area (Å²) in [7, 11) is 3.91. The predicted octanol–water partition coefficient (Wildman–Crippen LogP) is 3.31. The quantitative estimate of drug-likeness (QED) is 0.893. The van der Waals surface area contributed by atoms with Crippen LogP contribution in [0.1, 0.15) is 22.5 Å². The Labute approximate surface area is 133 Å². The molecule has 0 spiro atoms. The first-order valence-electron chi connectivity index (χ1n) is 7.02. The molecule has 0 aliphatic carbocycles. The molecule has 0 saturated heterocycles. The van der Waals surface area contributed by atoms with Crippen LogP contribution in [0.15, 0.2) is 22.7 Å². The molecule has 1 N–H and O–H groups in total. The second kappa shape index (κ2) is 6.71. The van der Waals surface area contributed by atoms with Gasteiger partial charge in [-0.2, -0.15) is 5.10 Å². The number of nitrogens with one attached hydrogen (secondary N) is 1. The molecule has 0 aliphatic rings. The Bertz CT molecular complexity index is 616. The highest BCUT2D eigenvalue weighted by molar-refractivity contribution is 9.10. The second-order valence-electron chi connectivity index (χ2n) is 5.44. The molecule has 2 aromatic rings. The molecule has 1 heterocycles. The van der Waals surface area contributed by atoms with Gasteiger partial charge in [0, 0.05) is 23.3 Å². The van der Waals surface area contributed by atoms with Gasteiger partial charge in [-0.15, -0.1) is 0 Å². The average Bonchev–Trinajstić information content (AvgIpc) is 2.63. The lowest BCUT2D eigenvalue weighted by atomic mass is 9.98. The molecule has 0 saturated carbocycles. The van der Waals surface area contributed by atoms with Crippen LogP contribution >= 0.6 is 15.9 Å². The van der Waals surface area contributed by atoms with E-state index in [0.29, 0.717) is 0 Å². The van der Waals surface area contributed by atoms with Crippen molar-refractivity contribution < 1.29 is 4.39 Å². The normalized spacial score (nSPS) is 12.7. The van der Waals surface area contributed by atoms with E-state index in [9.17, 15) is 4.39 Å². The van der Waals surface area contributed by atoms with Crippen LogP contribution < -0.4 is 5.32 Å². The number of benzene rings is 1. The molecule has 1 atom stereocenters. The minimum Gasteiger partial charge on any atom is -0.316 e. The van der Waals surface area contributed by atoms with E-state index in [0.717, 1.165) is 28.6 Å². The molecule has 0 bridgehead atoms. The van der Waals surface area contributed by atoms with Gasteiger partial charge in [0.05, 0.1) is 5.69 Å². The Morgan fingerprint density at radius 3 is 2.52 bits per heavy atom. The first kappa shape index (κ1) is 16.2. The first-order chi connectivity index (χ1) is 9.90. The Morgan fingerprint density at radius 1 is 1.29 bits per heavy atom. The molecule has 0 radical (unpaired) electrons. The zero-order valence-electron chi connectivity index (χ0n) is 12.9. The molecule has 0 fully saturated rings. The second-order valence-corrected chi connectivity index (χ2v) is 6.36. The fourth-order valence-corrected chi connectivity index (χ4v) is 3.16. The minimum absolute atomic E-state index is 0.206. The van der Waals surface area contributed by atoms with Crippen molar-refractivity contribution in [2.24, 2.45) is 7.05 Å². The Balaban J connectivity index is 2.16.